The highest BCUT2D eigenvalue weighted by molar-refractivity contribution is 5.79. The maximum atomic E-state index is 12.7. The Morgan fingerprint density at radius 2 is 1.88 bits per heavy atom. The normalized spacial score (nSPS) is 27.0. The summed E-state index contributed by atoms with van der Waals surface area (Å²) in [6.07, 6.45) is 10.8. The van der Waals surface area contributed by atoms with Gasteiger partial charge in [0.1, 0.15) is 0 Å². The van der Waals surface area contributed by atoms with Gasteiger partial charge in [-0.15, -0.1) is 0 Å². The predicted octanol–water partition coefficient (Wildman–Crippen LogP) is 1.71. The molecule has 3 fully saturated rings. The molecule has 3 aliphatic rings. The quantitative estimate of drug-likeness (QED) is 0.903. The number of H-pyrrole nitrogens is 1. The summed E-state index contributed by atoms with van der Waals surface area (Å²) >= 11 is 0. The Balaban J connectivity index is 1.26. The molecule has 6 heteroatoms. The second kappa shape index (κ2) is 7.87. The van der Waals surface area contributed by atoms with Crippen LogP contribution in [0, 0.1) is 5.92 Å². The molecule has 0 aliphatic carbocycles. The summed E-state index contributed by atoms with van der Waals surface area (Å²) in [6.45, 7) is 7.40. The van der Waals surface area contributed by atoms with E-state index in [1.54, 1.807) is 6.33 Å². The number of hydrogen-bond donors (Lipinski definition) is 1. The first kappa shape index (κ1) is 17.0. The van der Waals surface area contributed by atoms with Crippen LogP contribution >= 0.6 is 0 Å². The molecule has 3 aliphatic heterocycles. The average molecular weight is 345 g/mol. The Bertz CT molecular complexity index is 546. The van der Waals surface area contributed by atoms with Gasteiger partial charge in [-0.2, -0.15) is 0 Å². The van der Waals surface area contributed by atoms with Gasteiger partial charge in [-0.3, -0.25) is 14.6 Å². The lowest BCUT2D eigenvalue weighted by Gasteiger charge is -2.42. The lowest BCUT2D eigenvalue weighted by atomic mass is 9.93. The molecule has 0 saturated carbocycles. The number of carbonyl (C=O) groups is 1. The number of carbonyl (C=O) groups excluding carboxylic acids is 1. The van der Waals surface area contributed by atoms with Crippen molar-refractivity contribution in [2.75, 3.05) is 39.3 Å². The van der Waals surface area contributed by atoms with Crippen molar-refractivity contribution in [1.82, 2.24) is 24.7 Å². The van der Waals surface area contributed by atoms with Crippen LogP contribution in [0.15, 0.2) is 12.5 Å². The van der Waals surface area contributed by atoms with Gasteiger partial charge in [0.25, 0.3) is 0 Å². The van der Waals surface area contributed by atoms with Crippen molar-refractivity contribution in [2.45, 2.75) is 51.1 Å². The van der Waals surface area contributed by atoms with Gasteiger partial charge in [-0.25, -0.2) is 4.98 Å². The molecule has 0 bridgehead atoms. The molecular formula is C19H31N5O. The third-order valence-corrected chi connectivity index (χ3v) is 6.24. The van der Waals surface area contributed by atoms with Crippen molar-refractivity contribution in [2.24, 2.45) is 5.92 Å². The molecule has 6 nitrogen and oxygen atoms in total. The molecule has 3 saturated heterocycles. The Labute approximate surface area is 150 Å². The molecule has 1 unspecified atom stereocenters. The van der Waals surface area contributed by atoms with Crippen LogP contribution in [0.4, 0.5) is 0 Å². The van der Waals surface area contributed by atoms with E-state index in [1.807, 2.05) is 6.20 Å². The average Bonchev–Trinajstić information content (AvgIpc) is 3.36. The number of hydrogen-bond acceptors (Lipinski definition) is 4. The zero-order valence-corrected chi connectivity index (χ0v) is 15.2. The number of aromatic nitrogens is 2. The van der Waals surface area contributed by atoms with Crippen LogP contribution in [0.25, 0.3) is 0 Å². The Morgan fingerprint density at radius 3 is 2.60 bits per heavy atom. The van der Waals surface area contributed by atoms with Gasteiger partial charge < -0.3 is 9.88 Å². The molecule has 1 aromatic rings. The lowest BCUT2D eigenvalue weighted by Crippen LogP contribution is -2.51. The zero-order chi connectivity index (χ0) is 17.1. The van der Waals surface area contributed by atoms with Crippen molar-refractivity contribution in [3.8, 4) is 0 Å². The number of rotatable bonds is 4. The van der Waals surface area contributed by atoms with E-state index in [9.17, 15) is 4.79 Å². The van der Waals surface area contributed by atoms with E-state index in [0.29, 0.717) is 11.9 Å². The van der Waals surface area contributed by atoms with Crippen LogP contribution in [0.3, 0.4) is 0 Å². The van der Waals surface area contributed by atoms with Gasteiger partial charge in [0.05, 0.1) is 12.2 Å². The summed E-state index contributed by atoms with van der Waals surface area (Å²) < 4.78 is 0. The molecule has 4 heterocycles. The van der Waals surface area contributed by atoms with Crippen LogP contribution in [0.2, 0.25) is 0 Å². The molecule has 0 spiro atoms. The summed E-state index contributed by atoms with van der Waals surface area (Å²) in [5, 5.41) is 0. The Hall–Kier alpha value is -1.40. The Kier molecular flexibility index (Phi) is 5.36. The molecule has 0 radical (unpaired) electrons. The molecule has 4 rings (SSSR count). The predicted molar refractivity (Wildman–Crippen MR) is 97.0 cm³/mol. The molecule has 1 N–H and O–H groups in total. The summed E-state index contributed by atoms with van der Waals surface area (Å²) in [5.74, 6) is 0.675. The number of imidazole rings is 1. The van der Waals surface area contributed by atoms with Gasteiger partial charge in [0.15, 0.2) is 0 Å². The van der Waals surface area contributed by atoms with E-state index in [4.69, 9.17) is 0 Å². The van der Waals surface area contributed by atoms with Crippen molar-refractivity contribution in [3.63, 3.8) is 0 Å². The van der Waals surface area contributed by atoms with Gasteiger partial charge >= 0.3 is 0 Å². The van der Waals surface area contributed by atoms with Gasteiger partial charge in [-0.05, 0) is 45.1 Å². The van der Waals surface area contributed by atoms with Crippen LogP contribution in [0.5, 0.6) is 0 Å². The molecule has 1 atom stereocenters. The fourth-order valence-electron chi connectivity index (χ4n) is 4.79. The van der Waals surface area contributed by atoms with E-state index >= 15 is 0 Å². The lowest BCUT2D eigenvalue weighted by molar-refractivity contribution is -0.136. The minimum Gasteiger partial charge on any atom is -0.347 e. The van der Waals surface area contributed by atoms with Crippen molar-refractivity contribution in [3.05, 3.63) is 18.2 Å². The Morgan fingerprint density at radius 1 is 1.08 bits per heavy atom. The number of likely N-dealkylation sites (tertiary alicyclic amines) is 3. The highest BCUT2D eigenvalue weighted by atomic mass is 16.2. The smallest absolute Gasteiger partial charge is 0.226 e. The van der Waals surface area contributed by atoms with Crippen LogP contribution < -0.4 is 0 Å². The number of nitrogens with zero attached hydrogens (tertiary/aromatic N) is 4. The number of piperidine rings is 2. The fraction of sp³-hybridized carbons (Fsp3) is 0.789. The fourth-order valence-corrected chi connectivity index (χ4v) is 4.79. The van der Waals surface area contributed by atoms with Crippen molar-refractivity contribution >= 4 is 5.91 Å². The maximum absolute atomic E-state index is 12.7. The summed E-state index contributed by atoms with van der Waals surface area (Å²) in [6, 6.07) is 0.659. The second-order valence-electron chi connectivity index (χ2n) is 7.95. The summed E-state index contributed by atoms with van der Waals surface area (Å²) in [7, 11) is 0. The van der Waals surface area contributed by atoms with E-state index in [-0.39, 0.29) is 5.92 Å². The molecule has 138 valence electrons. The highest BCUT2D eigenvalue weighted by Gasteiger charge is 2.34. The van der Waals surface area contributed by atoms with E-state index < -0.39 is 0 Å². The summed E-state index contributed by atoms with van der Waals surface area (Å²) in [5.41, 5.74) is 1.20. The van der Waals surface area contributed by atoms with E-state index in [2.05, 4.69) is 24.7 Å². The van der Waals surface area contributed by atoms with Crippen molar-refractivity contribution < 1.29 is 4.79 Å². The van der Waals surface area contributed by atoms with E-state index in [1.165, 1.54) is 44.3 Å². The third kappa shape index (κ3) is 4.06. The first-order valence-electron chi connectivity index (χ1n) is 10.0. The first-order valence-corrected chi connectivity index (χ1v) is 10.0. The molecule has 0 aromatic carbocycles. The van der Waals surface area contributed by atoms with Crippen LogP contribution in [-0.4, -0.2) is 75.9 Å². The minimum absolute atomic E-state index is 0.245. The van der Waals surface area contributed by atoms with E-state index in [0.717, 1.165) is 45.7 Å². The van der Waals surface area contributed by atoms with Gasteiger partial charge in [-0.1, -0.05) is 0 Å². The minimum atomic E-state index is 0.245. The monoisotopic (exact) mass is 345 g/mol. The maximum Gasteiger partial charge on any atom is 0.226 e. The van der Waals surface area contributed by atoms with Gasteiger partial charge in [0.2, 0.25) is 5.91 Å². The topological polar surface area (TPSA) is 55.5 Å². The molecule has 25 heavy (non-hydrogen) atoms. The summed E-state index contributed by atoms with van der Waals surface area (Å²) in [4.78, 5) is 27.3. The largest absolute Gasteiger partial charge is 0.347 e. The number of aromatic amines is 1. The second-order valence-corrected chi connectivity index (χ2v) is 7.95. The molecular weight excluding hydrogens is 314 g/mol. The van der Waals surface area contributed by atoms with Gasteiger partial charge in [0, 0.05) is 57.2 Å². The zero-order valence-electron chi connectivity index (χ0n) is 15.2. The number of nitrogens with one attached hydrogen (secondary N) is 1. The number of amides is 1. The molecule has 1 amide bonds. The van der Waals surface area contributed by atoms with Crippen LogP contribution in [-0.2, 0) is 11.3 Å². The van der Waals surface area contributed by atoms with Crippen molar-refractivity contribution in [1.29, 1.82) is 0 Å². The molecule has 1 aromatic heterocycles. The third-order valence-electron chi connectivity index (χ3n) is 6.24. The SMILES string of the molecule is O=C(C1CCCN(C2CCN(Cc3cnc[nH]3)CC2)C1)N1CCCC1. The van der Waals surface area contributed by atoms with Crippen LogP contribution in [0.1, 0.15) is 44.2 Å². The highest BCUT2D eigenvalue weighted by Crippen LogP contribution is 2.26. The standard InChI is InChI=1S/C19H31N5O/c25-19(23-7-1-2-8-23)16-4-3-9-24(13-16)18-5-10-22(11-6-18)14-17-12-20-15-21-17/h12,15-16,18H,1-11,13-14H2,(H,20,21). The first-order chi connectivity index (χ1) is 12.3.